The van der Waals surface area contributed by atoms with Crippen LogP contribution in [0.15, 0.2) is 309 Å². The first kappa shape index (κ1) is 75.1. The third-order valence-electron chi connectivity index (χ3n) is 16.6. The van der Waals surface area contributed by atoms with Crippen LogP contribution in [0.4, 0.5) is 0 Å². The number of nitrogens with two attached hydrogens (primary N) is 7. The first-order valence-electron chi connectivity index (χ1n) is 34.1. The highest BCUT2D eigenvalue weighted by Gasteiger charge is 2.13. The number of hydrogen-bond donors (Lipinski definition) is 15. The van der Waals surface area contributed by atoms with Gasteiger partial charge in [0.25, 0.3) is 0 Å². The smallest absolute Gasteiger partial charge is 0.211 e. The van der Waals surface area contributed by atoms with Gasteiger partial charge in [0, 0.05) is 59.0 Å². The van der Waals surface area contributed by atoms with Crippen molar-refractivity contribution in [3.8, 4) is 89.6 Å². The molecule has 109 heavy (non-hydrogen) atoms. The monoisotopic (exact) mass is 1450 g/mol. The Balaban J connectivity index is 0.000000146. The molecule has 0 fully saturated rings. The molecule has 22 N–H and O–H groups in total. The molecule has 2 unspecified atom stereocenters. The van der Waals surface area contributed by atoms with Gasteiger partial charge in [0.15, 0.2) is 24.2 Å². The van der Waals surface area contributed by atoms with Crippen LogP contribution in [0.5, 0.6) is 0 Å². The molecule has 0 aliphatic carbocycles. The number of amidine groups is 3. The average molecular weight is 1450 g/mol. The van der Waals surface area contributed by atoms with Gasteiger partial charge in [-0.1, -0.05) is 218 Å². The topological polar surface area (TPSA) is 464 Å². The highest BCUT2D eigenvalue weighted by atomic mass is 16.3. The molecule has 5 heterocycles. The van der Waals surface area contributed by atoms with Crippen molar-refractivity contribution >= 4 is 72.4 Å². The maximum absolute atomic E-state index is 7.65. The number of benzene rings is 9. The van der Waals surface area contributed by atoms with Gasteiger partial charge in [-0.3, -0.25) is 47.7 Å². The van der Waals surface area contributed by atoms with Crippen molar-refractivity contribution in [1.29, 1.82) is 21.6 Å². The number of furan rings is 3. The van der Waals surface area contributed by atoms with Crippen molar-refractivity contribution < 1.29 is 13.3 Å². The zero-order valence-corrected chi connectivity index (χ0v) is 59.1. The number of nitrogen functional groups attached to an aromatic ring is 3. The van der Waals surface area contributed by atoms with Crippen molar-refractivity contribution in [3.05, 3.63) is 300 Å². The summed E-state index contributed by atoms with van der Waals surface area (Å²) in [6.45, 7) is 3.31. The third kappa shape index (κ3) is 21.8. The first-order chi connectivity index (χ1) is 52.9. The Morgan fingerprint density at radius 2 is 0.651 bits per heavy atom. The molecule has 26 nitrogen and oxygen atoms in total. The molecule has 0 radical (unpaired) electrons. The number of nitrogens with one attached hydrogen (secondary N) is 8. The Morgan fingerprint density at radius 3 is 0.982 bits per heavy atom. The molecular formula is C83H79N23O3. The van der Waals surface area contributed by atoms with Crippen LogP contribution in [-0.2, 0) is 0 Å². The van der Waals surface area contributed by atoms with Crippen molar-refractivity contribution in [2.45, 2.75) is 19.5 Å². The van der Waals surface area contributed by atoms with Crippen molar-refractivity contribution in [1.82, 2.24) is 21.5 Å². The van der Waals surface area contributed by atoms with Crippen molar-refractivity contribution in [3.63, 3.8) is 0 Å². The van der Waals surface area contributed by atoms with E-state index in [1.807, 2.05) is 188 Å². The fraction of sp³-hybridized carbons (Fsp3) is 0.0602. The van der Waals surface area contributed by atoms with Gasteiger partial charge < -0.3 is 58.8 Å². The van der Waals surface area contributed by atoms with E-state index in [2.05, 4.69) is 123 Å². The quantitative estimate of drug-likeness (QED) is 0.0170. The largest absolute Gasteiger partial charge is 0.455 e. The van der Waals surface area contributed by atoms with E-state index in [4.69, 9.17) is 75.0 Å². The summed E-state index contributed by atoms with van der Waals surface area (Å²) in [5, 5.41) is 59.1. The van der Waals surface area contributed by atoms with E-state index in [0.29, 0.717) is 40.1 Å². The summed E-state index contributed by atoms with van der Waals surface area (Å²) in [5.74, 6) is 3.63. The lowest BCUT2D eigenvalue weighted by Gasteiger charge is -2.07. The molecule has 0 spiro atoms. The van der Waals surface area contributed by atoms with Crippen molar-refractivity contribution in [2.75, 3.05) is 13.1 Å². The van der Waals surface area contributed by atoms with Crippen LogP contribution < -0.4 is 61.6 Å². The van der Waals surface area contributed by atoms with E-state index in [1.54, 1.807) is 43.8 Å². The molecule has 0 bridgehead atoms. The number of rotatable bonds is 22. The summed E-state index contributed by atoms with van der Waals surface area (Å²) < 4.78 is 17.1. The van der Waals surface area contributed by atoms with E-state index < -0.39 is 0 Å². The predicted molar refractivity (Wildman–Crippen MR) is 440 cm³/mol. The molecular weight excluding hydrogens is 1370 g/mol. The summed E-state index contributed by atoms with van der Waals surface area (Å²) in [6, 6.07) is 82.9. The lowest BCUT2D eigenvalue weighted by atomic mass is 9.98. The lowest BCUT2D eigenvalue weighted by Crippen LogP contribution is -2.33. The average Bonchev–Trinajstić information content (AvgIpc) is 1.81. The number of hydrogen-bond acceptors (Lipinski definition) is 19. The first-order valence-corrected chi connectivity index (χ1v) is 34.1. The molecule has 2 atom stereocenters. The number of hydrazone groups is 2. The van der Waals surface area contributed by atoms with Crippen LogP contribution in [-0.4, -0.2) is 98.1 Å². The second-order valence-electron chi connectivity index (χ2n) is 24.3. The minimum atomic E-state index is -0.176. The molecule has 0 saturated carbocycles. The zero-order chi connectivity index (χ0) is 76.4. The number of nitrogens with zero attached hydrogens (tertiary/aromatic N) is 8. The minimum Gasteiger partial charge on any atom is -0.455 e. The molecule has 14 rings (SSSR count). The molecule has 2 aliphatic heterocycles. The maximum Gasteiger partial charge on any atom is 0.211 e. The van der Waals surface area contributed by atoms with Gasteiger partial charge in [-0.15, -0.1) is 10.2 Å². The standard InChI is InChI=1S/C24H24N8O.C21H19N3.C20H20N8O.C18H16N4O/c1-3-18(4-2-17(1)15-29-31-23-25-11-12-26-23)19-5-7-20(8-6-19)22-10-9-21(33-22)16-30-32-24-27-13-14-28-24;1-14(22)15-2-4-16(5-3-15)17-6-8-18(9-7-17)19-10-12-20(13-11-19)21(23)24;21-19(22)27-25-11-13-1-3-14(4-2-13)15-5-7-16(8-6-15)18-10-9-17(29-18)12-26-28-20(23)24;19-17(20)14-7-3-12(4-8-14)11-1-5-13(6-2-11)15-9-10-16(23-15)18(21)22/h1-11,13,15-16,23-24,26,28,31-32H,12,14H2;2-13,22H,1H3,(H3,23,24);1-12H,(H4,21,22,27)(H4,23,24,28);1-10H,(H3,19,20)(H3,21,22)/b29-15+,30-16+;;25-11+,26-12+;. The summed E-state index contributed by atoms with van der Waals surface area (Å²) in [7, 11) is 0. The summed E-state index contributed by atoms with van der Waals surface area (Å²) in [5.41, 5.74) is 61.9. The van der Waals surface area contributed by atoms with Crippen LogP contribution in [0.1, 0.15) is 52.0 Å². The van der Waals surface area contributed by atoms with E-state index in [-0.39, 0.29) is 42.0 Å². The molecule has 0 saturated heterocycles. The number of guanidine groups is 2. The Hall–Kier alpha value is -15.0. The molecule has 26 heteroatoms. The van der Waals surface area contributed by atoms with Crippen LogP contribution in [0.2, 0.25) is 0 Å². The summed E-state index contributed by atoms with van der Waals surface area (Å²) >= 11 is 0. The fourth-order valence-electron chi connectivity index (χ4n) is 10.8. The Bertz CT molecular complexity index is 5240. The lowest BCUT2D eigenvalue weighted by molar-refractivity contribution is 0.501. The van der Waals surface area contributed by atoms with Gasteiger partial charge in [-0.05, 0) is 116 Å². The Labute approximate surface area is 628 Å². The molecule has 3 aromatic heterocycles. The van der Waals surface area contributed by atoms with Crippen LogP contribution in [0, 0.1) is 21.6 Å². The third-order valence-corrected chi connectivity index (χ3v) is 16.6. The van der Waals surface area contributed by atoms with Crippen LogP contribution in [0.25, 0.3) is 89.6 Å². The van der Waals surface area contributed by atoms with Crippen LogP contribution >= 0.6 is 0 Å². The van der Waals surface area contributed by atoms with Gasteiger partial charge in [0.2, 0.25) is 11.9 Å². The predicted octanol–water partition coefficient (Wildman–Crippen LogP) is 12.1. The van der Waals surface area contributed by atoms with Gasteiger partial charge in [0.05, 0.1) is 24.9 Å². The number of aliphatic imine (C=N–C) groups is 2. The summed E-state index contributed by atoms with van der Waals surface area (Å²) in [6.07, 6.45) is 9.78. The Kier molecular flexibility index (Phi) is 25.4. The maximum atomic E-state index is 7.65. The van der Waals surface area contributed by atoms with E-state index in [1.165, 1.54) is 6.21 Å². The van der Waals surface area contributed by atoms with Gasteiger partial charge >= 0.3 is 0 Å². The molecule has 12 aromatic rings. The van der Waals surface area contributed by atoms with E-state index in [0.717, 1.165) is 113 Å². The highest BCUT2D eigenvalue weighted by Crippen LogP contribution is 2.31. The van der Waals surface area contributed by atoms with Crippen LogP contribution in [0.3, 0.4) is 0 Å². The molecule has 9 aromatic carbocycles. The van der Waals surface area contributed by atoms with Gasteiger partial charge in [0.1, 0.15) is 40.5 Å². The van der Waals surface area contributed by atoms with E-state index >= 15 is 0 Å². The second kappa shape index (κ2) is 36.9. The summed E-state index contributed by atoms with van der Waals surface area (Å²) in [4.78, 5) is 8.37. The SMILES string of the molecule is C1=NC(N/N=C/c2ccc(-c3ccc(-c4ccc(/C=N/NC5N=CCN5)o4)cc3)cc2)NC1.CC(=N)c1ccc(-c2ccc(-c3ccc(C(=N)N)cc3)cc2)cc1.N=C(N)c1ccc(-c2ccc(-c3ccc(C(=N)N)o3)cc2)cc1.NC(N)=N/N=C/c1ccc(-c2ccc(-c3ccc(/C=N/N=C(N)N)o3)cc2)cc1. The highest BCUT2D eigenvalue weighted by molar-refractivity contribution is 5.98. The fourth-order valence-corrected chi connectivity index (χ4v) is 10.8. The molecule has 0 amide bonds. The van der Waals surface area contributed by atoms with Gasteiger partial charge in [-0.25, -0.2) is 0 Å². The van der Waals surface area contributed by atoms with E-state index in [9.17, 15) is 0 Å². The Morgan fingerprint density at radius 1 is 0.349 bits per heavy atom. The molecule has 544 valence electrons. The zero-order valence-electron chi connectivity index (χ0n) is 59.1. The normalized spacial score (nSPS) is 13.4. The second-order valence-corrected chi connectivity index (χ2v) is 24.3. The minimum absolute atomic E-state index is 0.0611. The van der Waals surface area contributed by atoms with Gasteiger partial charge in [-0.2, -0.15) is 20.4 Å². The molecule has 2 aliphatic rings. The van der Waals surface area contributed by atoms with Crippen molar-refractivity contribution in [2.24, 2.45) is 80.7 Å².